The van der Waals surface area contributed by atoms with Crippen molar-refractivity contribution in [2.45, 2.75) is 20.3 Å². The van der Waals surface area contributed by atoms with Gasteiger partial charge in [0.15, 0.2) is 0 Å². The van der Waals surface area contributed by atoms with Gasteiger partial charge in [-0.15, -0.1) is 0 Å². The Balaban J connectivity index is 3.25. The lowest BCUT2D eigenvalue weighted by atomic mass is 9.99. The Morgan fingerprint density at radius 2 is 2.32 bits per heavy atom. The summed E-state index contributed by atoms with van der Waals surface area (Å²) in [5, 5.41) is 7.96. The van der Waals surface area contributed by atoms with E-state index in [1.54, 1.807) is 19.2 Å². The molecule has 0 amide bonds. The van der Waals surface area contributed by atoms with Gasteiger partial charge in [-0.2, -0.15) is 0 Å². The Morgan fingerprint density at radius 3 is 2.74 bits per heavy atom. The number of aromatic amines is 1. The minimum absolute atomic E-state index is 0.166. The van der Waals surface area contributed by atoms with Gasteiger partial charge in [0.05, 0.1) is 17.2 Å². The van der Waals surface area contributed by atoms with E-state index in [0.717, 1.165) is 12.6 Å². The molecule has 0 aliphatic heterocycles. The summed E-state index contributed by atoms with van der Waals surface area (Å²) in [5.41, 5.74) is 2.01. The van der Waals surface area contributed by atoms with Crippen LogP contribution in [0.5, 0.6) is 0 Å². The number of hydrogen-bond acceptors (Lipinski definition) is 3. The summed E-state index contributed by atoms with van der Waals surface area (Å²) in [6, 6.07) is 1.68. The van der Waals surface area contributed by atoms with Gasteiger partial charge in [0, 0.05) is 23.7 Å². The van der Waals surface area contributed by atoms with Crippen molar-refractivity contribution < 1.29 is 9.53 Å². The molecule has 2 N–H and O–H groups in total. The number of carbonyl (C=O) groups excluding carboxylic acids is 1. The van der Waals surface area contributed by atoms with Crippen molar-refractivity contribution in [1.29, 1.82) is 5.41 Å². The third kappa shape index (κ3) is 3.83. The minimum atomic E-state index is -0.527. The van der Waals surface area contributed by atoms with Gasteiger partial charge in [0.1, 0.15) is 0 Å². The number of aromatic nitrogens is 1. The lowest BCUT2D eigenvalue weighted by Gasteiger charge is -2.10. The predicted octanol–water partition coefficient (Wildman–Crippen LogP) is 3.60. The number of esters is 1. The van der Waals surface area contributed by atoms with Crippen LogP contribution in [0.4, 0.5) is 0 Å². The van der Waals surface area contributed by atoms with E-state index in [1.165, 1.54) is 0 Å². The molecule has 1 aromatic heterocycles. The fourth-order valence-corrected chi connectivity index (χ4v) is 1.79. The first kappa shape index (κ1) is 15.2. The number of H-pyrrole nitrogens is 1. The van der Waals surface area contributed by atoms with Crippen LogP contribution in [0.1, 0.15) is 26.0 Å². The molecule has 1 heterocycles. The summed E-state index contributed by atoms with van der Waals surface area (Å²) in [5.74, 6) is -0.527. The summed E-state index contributed by atoms with van der Waals surface area (Å²) >= 11 is 5.86. The SMILES string of the molecule is C=C(C)/C(=C(/C=N)C(=O)OCCC)c1cc(Cl)c[nH]1. The maximum Gasteiger partial charge on any atom is 0.340 e. The number of hydrogen-bond donors (Lipinski definition) is 2. The van der Waals surface area contributed by atoms with Crippen LogP contribution >= 0.6 is 11.6 Å². The van der Waals surface area contributed by atoms with Crippen LogP contribution in [0.3, 0.4) is 0 Å². The molecule has 0 aromatic carbocycles. The molecule has 0 aliphatic carbocycles. The molecule has 0 saturated heterocycles. The molecule has 0 fully saturated rings. The number of ether oxygens (including phenoxy) is 1. The van der Waals surface area contributed by atoms with E-state index < -0.39 is 5.97 Å². The predicted molar refractivity (Wildman–Crippen MR) is 77.6 cm³/mol. The van der Waals surface area contributed by atoms with E-state index in [1.807, 2.05) is 6.92 Å². The Hall–Kier alpha value is -1.81. The first-order chi connectivity index (χ1) is 9.01. The number of rotatable bonds is 6. The van der Waals surface area contributed by atoms with Crippen LogP contribution in [0.25, 0.3) is 5.57 Å². The molecule has 4 nitrogen and oxygen atoms in total. The lowest BCUT2D eigenvalue weighted by molar-refractivity contribution is -0.138. The van der Waals surface area contributed by atoms with E-state index in [0.29, 0.717) is 28.5 Å². The summed E-state index contributed by atoms with van der Waals surface area (Å²) in [4.78, 5) is 14.9. The van der Waals surface area contributed by atoms with Crippen molar-refractivity contribution >= 4 is 29.4 Å². The van der Waals surface area contributed by atoms with Gasteiger partial charge in [-0.05, 0) is 25.0 Å². The number of carbonyl (C=O) groups is 1. The molecule has 0 bridgehead atoms. The molecule has 1 rings (SSSR count). The van der Waals surface area contributed by atoms with E-state index in [2.05, 4.69) is 11.6 Å². The third-order valence-corrected chi connectivity index (χ3v) is 2.63. The molecule has 0 spiro atoms. The van der Waals surface area contributed by atoms with E-state index in [-0.39, 0.29) is 5.57 Å². The number of nitrogens with one attached hydrogen (secondary N) is 2. The van der Waals surface area contributed by atoms with E-state index >= 15 is 0 Å². The topological polar surface area (TPSA) is 65.9 Å². The highest BCUT2D eigenvalue weighted by Crippen LogP contribution is 2.26. The van der Waals surface area contributed by atoms with Crippen LogP contribution in [-0.4, -0.2) is 23.8 Å². The Labute approximate surface area is 117 Å². The molecule has 0 aliphatic rings. The Kier molecular flexibility index (Phi) is 5.57. The highest BCUT2D eigenvalue weighted by atomic mass is 35.5. The molecular weight excluding hydrogens is 264 g/mol. The molecule has 0 unspecified atom stereocenters. The van der Waals surface area contributed by atoms with Gasteiger partial charge in [-0.1, -0.05) is 25.1 Å². The summed E-state index contributed by atoms with van der Waals surface area (Å²) < 4.78 is 5.07. The highest BCUT2D eigenvalue weighted by Gasteiger charge is 2.18. The van der Waals surface area contributed by atoms with Gasteiger partial charge >= 0.3 is 5.97 Å². The fraction of sp³-hybridized carbons (Fsp3) is 0.286. The maximum absolute atomic E-state index is 11.9. The maximum atomic E-state index is 11.9. The lowest BCUT2D eigenvalue weighted by Crippen LogP contribution is -2.12. The first-order valence-electron chi connectivity index (χ1n) is 5.93. The fourth-order valence-electron chi connectivity index (χ4n) is 1.62. The normalized spacial score (nSPS) is 11.7. The minimum Gasteiger partial charge on any atom is -0.462 e. The molecule has 0 atom stereocenters. The summed E-state index contributed by atoms with van der Waals surface area (Å²) in [6.07, 6.45) is 3.32. The van der Waals surface area contributed by atoms with Gasteiger partial charge in [0.2, 0.25) is 0 Å². The molecule has 5 heteroatoms. The largest absolute Gasteiger partial charge is 0.462 e. The Morgan fingerprint density at radius 1 is 1.63 bits per heavy atom. The zero-order valence-corrected chi connectivity index (χ0v) is 11.8. The van der Waals surface area contributed by atoms with Gasteiger partial charge in [0.25, 0.3) is 0 Å². The van der Waals surface area contributed by atoms with Gasteiger partial charge < -0.3 is 15.1 Å². The van der Waals surface area contributed by atoms with Crippen LogP contribution in [0, 0.1) is 5.41 Å². The smallest absolute Gasteiger partial charge is 0.340 e. The molecular formula is C14H17ClN2O2. The number of halogens is 1. The van der Waals surface area contributed by atoms with Crippen molar-refractivity contribution in [2.24, 2.45) is 0 Å². The molecule has 1 aromatic rings. The van der Waals surface area contributed by atoms with Gasteiger partial charge in [-0.3, -0.25) is 0 Å². The summed E-state index contributed by atoms with van der Waals surface area (Å²) in [7, 11) is 0. The van der Waals surface area contributed by atoms with Crippen LogP contribution in [-0.2, 0) is 9.53 Å². The van der Waals surface area contributed by atoms with Crippen molar-refractivity contribution in [3.8, 4) is 0 Å². The molecule has 19 heavy (non-hydrogen) atoms. The zero-order chi connectivity index (χ0) is 14.4. The second-order valence-corrected chi connectivity index (χ2v) is 4.52. The van der Waals surface area contributed by atoms with Gasteiger partial charge in [-0.25, -0.2) is 4.79 Å². The summed E-state index contributed by atoms with van der Waals surface area (Å²) in [6.45, 7) is 7.84. The van der Waals surface area contributed by atoms with Crippen LogP contribution in [0.2, 0.25) is 5.02 Å². The van der Waals surface area contributed by atoms with Crippen LogP contribution < -0.4 is 0 Å². The van der Waals surface area contributed by atoms with E-state index in [9.17, 15) is 4.79 Å². The molecule has 102 valence electrons. The first-order valence-corrected chi connectivity index (χ1v) is 6.31. The monoisotopic (exact) mass is 280 g/mol. The van der Waals surface area contributed by atoms with Crippen LogP contribution in [0.15, 0.2) is 30.0 Å². The second-order valence-electron chi connectivity index (χ2n) is 4.08. The van der Waals surface area contributed by atoms with Crippen molar-refractivity contribution in [1.82, 2.24) is 4.98 Å². The molecule has 0 radical (unpaired) electrons. The average Bonchev–Trinajstić information content (AvgIpc) is 2.78. The second kappa shape index (κ2) is 6.95. The highest BCUT2D eigenvalue weighted by molar-refractivity contribution is 6.30. The average molecular weight is 281 g/mol. The standard InChI is InChI=1S/C14H17ClN2O2/c1-4-5-19-14(18)11(7-16)13(9(2)3)12-6-10(15)8-17-12/h6-8,16-17H,2,4-5H2,1,3H3/b13-11+,16-7?. The third-order valence-electron chi connectivity index (χ3n) is 2.41. The van der Waals surface area contributed by atoms with Crippen molar-refractivity contribution in [3.63, 3.8) is 0 Å². The van der Waals surface area contributed by atoms with E-state index in [4.69, 9.17) is 21.7 Å². The Bertz CT molecular complexity index is 529. The van der Waals surface area contributed by atoms with Crippen molar-refractivity contribution in [2.75, 3.05) is 6.61 Å². The quantitative estimate of drug-likeness (QED) is 0.362. The zero-order valence-electron chi connectivity index (χ0n) is 11.0. The molecule has 0 saturated carbocycles. The van der Waals surface area contributed by atoms with Crippen molar-refractivity contribution in [3.05, 3.63) is 40.7 Å². The number of allylic oxidation sites excluding steroid dienone is 2.